The molecule has 0 unspecified atom stereocenters. The first-order valence-electron chi connectivity index (χ1n) is 7.49. The van der Waals surface area contributed by atoms with Crippen molar-refractivity contribution in [2.45, 2.75) is 13.8 Å². The van der Waals surface area contributed by atoms with Crippen LogP contribution in [-0.2, 0) is 7.05 Å². The number of benzene rings is 1. The molecule has 0 spiro atoms. The first kappa shape index (κ1) is 14.4. The van der Waals surface area contributed by atoms with Gasteiger partial charge in [0, 0.05) is 31.2 Å². The molecule has 3 heterocycles. The van der Waals surface area contributed by atoms with E-state index < -0.39 is 0 Å². The first-order chi connectivity index (χ1) is 11.5. The minimum absolute atomic E-state index is 0.229. The molecule has 1 N–H and O–H groups in total. The third-order valence-corrected chi connectivity index (χ3v) is 3.88. The van der Waals surface area contributed by atoms with Crippen molar-refractivity contribution in [2.24, 2.45) is 7.05 Å². The fourth-order valence-corrected chi connectivity index (χ4v) is 2.76. The number of pyridine rings is 1. The van der Waals surface area contributed by atoms with Gasteiger partial charge in [-0.2, -0.15) is 5.10 Å². The molecule has 0 aliphatic rings. The second-order valence-corrected chi connectivity index (χ2v) is 5.67. The summed E-state index contributed by atoms with van der Waals surface area (Å²) in [6.07, 6.45) is 1.55. The Bertz CT molecular complexity index is 1090. The number of aromatic nitrogens is 4. The van der Waals surface area contributed by atoms with Gasteiger partial charge in [-0.05, 0) is 31.2 Å². The second-order valence-electron chi connectivity index (χ2n) is 5.67. The van der Waals surface area contributed by atoms with Crippen molar-refractivity contribution in [3.63, 3.8) is 0 Å². The van der Waals surface area contributed by atoms with Crippen LogP contribution in [0, 0.1) is 13.8 Å². The Labute approximate surface area is 137 Å². The van der Waals surface area contributed by atoms with Gasteiger partial charge in [0.25, 0.3) is 5.91 Å². The molecule has 0 aliphatic heterocycles. The molecule has 3 aromatic heterocycles. The molecule has 120 valence electrons. The normalized spacial score (nSPS) is 11.3. The van der Waals surface area contributed by atoms with Gasteiger partial charge < -0.3 is 9.73 Å². The van der Waals surface area contributed by atoms with Gasteiger partial charge in [0.15, 0.2) is 17.1 Å². The van der Waals surface area contributed by atoms with Crippen LogP contribution in [0.15, 0.2) is 34.9 Å². The molecule has 0 bridgehead atoms. The number of nitrogens with zero attached hydrogens (tertiary/aromatic N) is 4. The Morgan fingerprint density at radius 3 is 2.92 bits per heavy atom. The lowest BCUT2D eigenvalue weighted by molar-refractivity contribution is 0.102. The monoisotopic (exact) mass is 321 g/mol. The molecule has 4 aromatic rings. The minimum Gasteiger partial charge on any atom is -0.441 e. The Balaban J connectivity index is 1.66. The quantitative estimate of drug-likeness (QED) is 0.613. The molecule has 7 heteroatoms. The number of fused-ring (bicyclic) bond motifs is 2. The van der Waals surface area contributed by atoms with E-state index in [2.05, 4.69) is 20.4 Å². The van der Waals surface area contributed by atoms with Crippen LogP contribution in [0.3, 0.4) is 0 Å². The number of hydrogen-bond donors (Lipinski definition) is 1. The van der Waals surface area contributed by atoms with E-state index in [9.17, 15) is 4.79 Å². The summed E-state index contributed by atoms with van der Waals surface area (Å²) in [5.74, 6) is 0.363. The molecule has 7 nitrogen and oxygen atoms in total. The number of nitrogens with one attached hydrogen (secondary N) is 1. The van der Waals surface area contributed by atoms with Gasteiger partial charge in [-0.3, -0.25) is 9.48 Å². The zero-order valence-corrected chi connectivity index (χ0v) is 13.5. The average molecular weight is 321 g/mol. The van der Waals surface area contributed by atoms with Crippen LogP contribution in [0.4, 0.5) is 5.69 Å². The molecule has 0 saturated carbocycles. The maximum atomic E-state index is 12.5. The summed E-state index contributed by atoms with van der Waals surface area (Å²) in [5, 5.41) is 8.05. The number of oxazole rings is 1. The summed E-state index contributed by atoms with van der Waals surface area (Å²) < 4.78 is 7.13. The van der Waals surface area contributed by atoms with Crippen molar-refractivity contribution in [3.05, 3.63) is 47.6 Å². The lowest BCUT2D eigenvalue weighted by atomic mass is 10.2. The van der Waals surface area contributed by atoms with Gasteiger partial charge in [-0.25, -0.2) is 9.97 Å². The number of anilines is 1. The Morgan fingerprint density at radius 2 is 2.08 bits per heavy atom. The van der Waals surface area contributed by atoms with Gasteiger partial charge >= 0.3 is 0 Å². The van der Waals surface area contributed by atoms with Crippen molar-refractivity contribution < 1.29 is 9.21 Å². The highest BCUT2D eigenvalue weighted by molar-refractivity contribution is 6.06. The molecular weight excluding hydrogens is 306 g/mol. The number of carbonyl (C=O) groups excluding carboxylic acids is 1. The largest absolute Gasteiger partial charge is 0.441 e. The van der Waals surface area contributed by atoms with Crippen molar-refractivity contribution in [2.75, 3.05) is 5.32 Å². The van der Waals surface area contributed by atoms with Crippen molar-refractivity contribution in [1.29, 1.82) is 0 Å². The highest BCUT2D eigenvalue weighted by Gasteiger charge is 2.12. The summed E-state index contributed by atoms with van der Waals surface area (Å²) >= 11 is 0. The fraction of sp³-hybridized carbons (Fsp3) is 0.176. The molecule has 0 aliphatic carbocycles. The zero-order valence-electron chi connectivity index (χ0n) is 13.5. The number of amides is 1. The number of carbonyl (C=O) groups is 1. The van der Waals surface area contributed by atoms with E-state index in [1.54, 1.807) is 42.1 Å². The molecule has 0 atom stereocenters. The Hall–Kier alpha value is -3.22. The number of aryl methyl sites for hydroxylation is 3. The minimum atomic E-state index is -0.229. The zero-order chi connectivity index (χ0) is 16.8. The van der Waals surface area contributed by atoms with Gasteiger partial charge in [0.05, 0.1) is 11.3 Å². The molecule has 4 rings (SSSR count). The van der Waals surface area contributed by atoms with Gasteiger partial charge in [-0.1, -0.05) is 0 Å². The van der Waals surface area contributed by atoms with Crippen LogP contribution < -0.4 is 5.32 Å². The Kier molecular flexibility index (Phi) is 3.09. The highest BCUT2D eigenvalue weighted by Crippen LogP contribution is 2.21. The SMILES string of the molecule is Cc1nc2cc(NC(=O)c3cnc4c(c3)c(C)nn4C)ccc2o1. The molecular formula is C17H15N5O2. The third kappa shape index (κ3) is 2.30. The van der Waals surface area contributed by atoms with Crippen LogP contribution in [0.1, 0.15) is 21.9 Å². The number of rotatable bonds is 2. The van der Waals surface area contributed by atoms with E-state index in [4.69, 9.17) is 4.42 Å². The van der Waals surface area contributed by atoms with Crippen molar-refractivity contribution >= 4 is 33.7 Å². The molecule has 24 heavy (non-hydrogen) atoms. The lowest BCUT2D eigenvalue weighted by Gasteiger charge is -2.05. The van der Waals surface area contributed by atoms with E-state index in [-0.39, 0.29) is 5.91 Å². The topological polar surface area (TPSA) is 85.8 Å². The molecule has 0 radical (unpaired) electrons. The standard InChI is InChI=1S/C17H15N5O2/c1-9-13-6-11(8-18-16(13)22(3)21-9)17(23)20-12-4-5-15-14(7-12)19-10(2)24-15/h4-8H,1-3H3,(H,20,23). The van der Waals surface area contributed by atoms with Gasteiger partial charge in [0.2, 0.25) is 0 Å². The van der Waals surface area contributed by atoms with E-state index in [0.29, 0.717) is 28.2 Å². The maximum absolute atomic E-state index is 12.5. The third-order valence-electron chi connectivity index (χ3n) is 3.88. The molecule has 0 saturated heterocycles. The summed E-state index contributed by atoms with van der Waals surface area (Å²) in [7, 11) is 1.83. The average Bonchev–Trinajstić information content (AvgIpc) is 3.06. The van der Waals surface area contributed by atoms with Gasteiger partial charge in [-0.15, -0.1) is 0 Å². The number of hydrogen-bond acceptors (Lipinski definition) is 5. The predicted molar refractivity (Wildman–Crippen MR) is 89.9 cm³/mol. The smallest absolute Gasteiger partial charge is 0.257 e. The summed E-state index contributed by atoms with van der Waals surface area (Å²) in [4.78, 5) is 21.1. The van der Waals surface area contributed by atoms with E-state index >= 15 is 0 Å². The van der Waals surface area contributed by atoms with Crippen LogP contribution >= 0.6 is 0 Å². The Morgan fingerprint density at radius 1 is 1.25 bits per heavy atom. The van der Waals surface area contributed by atoms with Crippen LogP contribution in [0.5, 0.6) is 0 Å². The molecule has 1 amide bonds. The maximum Gasteiger partial charge on any atom is 0.257 e. The van der Waals surface area contributed by atoms with Crippen LogP contribution in [0.2, 0.25) is 0 Å². The predicted octanol–water partition coefficient (Wildman–Crippen LogP) is 2.98. The first-order valence-corrected chi connectivity index (χ1v) is 7.49. The van der Waals surface area contributed by atoms with Crippen molar-refractivity contribution in [3.8, 4) is 0 Å². The van der Waals surface area contributed by atoms with Gasteiger partial charge in [0.1, 0.15) is 5.52 Å². The summed E-state index contributed by atoms with van der Waals surface area (Å²) in [6.45, 7) is 3.68. The highest BCUT2D eigenvalue weighted by atomic mass is 16.3. The van der Waals surface area contributed by atoms with Crippen LogP contribution in [0.25, 0.3) is 22.1 Å². The van der Waals surface area contributed by atoms with Crippen LogP contribution in [-0.4, -0.2) is 25.7 Å². The molecule has 0 fully saturated rings. The molecule has 1 aromatic carbocycles. The summed E-state index contributed by atoms with van der Waals surface area (Å²) in [5.41, 5.74) is 4.14. The summed E-state index contributed by atoms with van der Waals surface area (Å²) in [6, 6.07) is 7.16. The fourth-order valence-electron chi connectivity index (χ4n) is 2.76. The van der Waals surface area contributed by atoms with E-state index in [1.807, 2.05) is 14.0 Å². The van der Waals surface area contributed by atoms with Crippen molar-refractivity contribution in [1.82, 2.24) is 19.7 Å². The lowest BCUT2D eigenvalue weighted by Crippen LogP contribution is -2.12. The van der Waals surface area contributed by atoms with E-state index in [1.165, 1.54) is 0 Å². The second kappa shape index (κ2) is 5.16. The van der Waals surface area contributed by atoms with E-state index in [0.717, 1.165) is 16.7 Å².